The van der Waals surface area contributed by atoms with Gasteiger partial charge in [-0.25, -0.2) is 0 Å². The van der Waals surface area contributed by atoms with Crippen LogP contribution >= 0.6 is 0 Å². The molecule has 2 amide bonds. The fraction of sp³-hybridized carbons (Fsp3) is 0.440. The van der Waals surface area contributed by atoms with E-state index in [9.17, 15) is 9.59 Å². The van der Waals surface area contributed by atoms with Gasteiger partial charge in [-0.2, -0.15) is 0 Å². The van der Waals surface area contributed by atoms with Crippen molar-refractivity contribution in [3.63, 3.8) is 0 Å². The highest BCUT2D eigenvalue weighted by Gasteiger charge is 2.29. The minimum atomic E-state index is 0.0717. The molecule has 164 valence electrons. The van der Waals surface area contributed by atoms with Crippen LogP contribution in [0.4, 0.5) is 5.69 Å². The van der Waals surface area contributed by atoms with Crippen LogP contribution < -0.4 is 15.1 Å². The van der Waals surface area contributed by atoms with Crippen LogP contribution in [0.25, 0.3) is 0 Å². The predicted octanol–water partition coefficient (Wildman–Crippen LogP) is -0.444. The zero-order chi connectivity index (χ0) is 21.6. The zero-order valence-corrected chi connectivity index (χ0v) is 18.5. The number of nitrogens with one attached hydrogen (secondary N) is 3. The van der Waals surface area contributed by atoms with E-state index < -0.39 is 0 Å². The second-order valence-corrected chi connectivity index (χ2v) is 8.75. The third kappa shape index (κ3) is 5.51. The van der Waals surface area contributed by atoms with Crippen LogP contribution in [0.5, 0.6) is 0 Å². The number of amides is 2. The summed E-state index contributed by atoms with van der Waals surface area (Å²) in [6.07, 6.45) is 1.85. The molecule has 4 rings (SSSR count). The summed E-state index contributed by atoms with van der Waals surface area (Å²) in [5.74, 6) is 0.323. The highest BCUT2D eigenvalue weighted by atomic mass is 16.2. The second kappa shape index (κ2) is 10.1. The second-order valence-electron chi connectivity index (χ2n) is 8.75. The van der Waals surface area contributed by atoms with Gasteiger partial charge in [0.15, 0.2) is 13.1 Å². The number of quaternary nitrogens is 2. The third-order valence-electron chi connectivity index (χ3n) is 6.63. The summed E-state index contributed by atoms with van der Waals surface area (Å²) in [7, 11) is 0. The SMILES string of the molecule is CCc1ccccc1NC(=O)C[NH+]1CC[NH+](CC(=O)N2CCc3ccccc3C2)CC1. The normalized spacial score (nSPS) is 20.7. The lowest BCUT2D eigenvalue weighted by atomic mass is 10.00. The van der Waals surface area contributed by atoms with Gasteiger partial charge in [-0.15, -0.1) is 0 Å². The number of hydrogen-bond acceptors (Lipinski definition) is 2. The number of aryl methyl sites for hydroxylation is 1. The molecule has 2 aliphatic rings. The molecule has 31 heavy (non-hydrogen) atoms. The third-order valence-corrected chi connectivity index (χ3v) is 6.63. The van der Waals surface area contributed by atoms with E-state index in [1.807, 2.05) is 23.1 Å². The molecule has 0 unspecified atom stereocenters. The maximum Gasteiger partial charge on any atom is 0.279 e. The van der Waals surface area contributed by atoms with Crippen molar-refractivity contribution in [2.45, 2.75) is 26.3 Å². The number of rotatable bonds is 6. The molecule has 0 radical (unpaired) electrons. The van der Waals surface area contributed by atoms with Gasteiger partial charge in [-0.3, -0.25) is 9.59 Å². The molecule has 2 aromatic carbocycles. The highest BCUT2D eigenvalue weighted by molar-refractivity contribution is 5.92. The average molecular weight is 423 g/mol. The molecular formula is C25H34N4O2+2. The highest BCUT2D eigenvalue weighted by Crippen LogP contribution is 2.18. The van der Waals surface area contributed by atoms with Crippen molar-refractivity contribution in [1.82, 2.24) is 4.90 Å². The Morgan fingerprint density at radius 3 is 2.29 bits per heavy atom. The lowest BCUT2D eigenvalue weighted by Gasteiger charge is -2.32. The number of fused-ring (bicyclic) bond motifs is 1. The number of hydrogen-bond donors (Lipinski definition) is 3. The summed E-state index contributed by atoms with van der Waals surface area (Å²) in [5, 5.41) is 3.08. The van der Waals surface area contributed by atoms with E-state index in [1.54, 1.807) is 0 Å². The first-order chi connectivity index (χ1) is 15.1. The van der Waals surface area contributed by atoms with Crippen LogP contribution in [0.3, 0.4) is 0 Å². The monoisotopic (exact) mass is 422 g/mol. The maximum absolute atomic E-state index is 12.8. The van der Waals surface area contributed by atoms with Crippen LogP contribution in [-0.2, 0) is 29.0 Å². The van der Waals surface area contributed by atoms with Gasteiger partial charge in [0.05, 0.1) is 0 Å². The first-order valence-electron chi connectivity index (χ1n) is 11.5. The zero-order valence-electron chi connectivity index (χ0n) is 18.5. The van der Waals surface area contributed by atoms with Crippen molar-refractivity contribution in [2.75, 3.05) is 51.1 Å². The van der Waals surface area contributed by atoms with Crippen molar-refractivity contribution in [2.24, 2.45) is 0 Å². The molecule has 2 aliphatic heterocycles. The average Bonchev–Trinajstić information content (AvgIpc) is 2.80. The van der Waals surface area contributed by atoms with E-state index in [1.165, 1.54) is 26.5 Å². The molecule has 1 saturated heterocycles. The Kier molecular flexibility index (Phi) is 6.99. The molecule has 0 atom stereocenters. The molecule has 0 aromatic heterocycles. The summed E-state index contributed by atoms with van der Waals surface area (Å²) in [6, 6.07) is 16.4. The van der Waals surface area contributed by atoms with Crippen LogP contribution in [-0.4, -0.2) is 62.5 Å². The van der Waals surface area contributed by atoms with Crippen LogP contribution in [0, 0.1) is 0 Å². The standard InChI is InChI=1S/C25H32N4O2/c1-2-20-7-5-6-10-23(20)26-24(30)18-27-13-15-28(16-14-27)19-25(31)29-12-11-21-8-3-4-9-22(21)17-29/h3-10H,2,11-19H2,1H3,(H,26,30)/p+2. The maximum atomic E-state index is 12.8. The lowest BCUT2D eigenvalue weighted by molar-refractivity contribution is -1.00. The number of benzene rings is 2. The van der Waals surface area contributed by atoms with Gasteiger partial charge < -0.3 is 20.0 Å². The molecule has 1 fully saturated rings. The van der Waals surface area contributed by atoms with E-state index in [0.717, 1.165) is 57.8 Å². The van der Waals surface area contributed by atoms with Crippen molar-refractivity contribution >= 4 is 17.5 Å². The van der Waals surface area contributed by atoms with Crippen molar-refractivity contribution in [3.05, 3.63) is 65.2 Å². The summed E-state index contributed by atoms with van der Waals surface area (Å²) in [4.78, 5) is 30.0. The Hall–Kier alpha value is -2.70. The summed E-state index contributed by atoms with van der Waals surface area (Å²) in [6.45, 7) is 8.42. The number of piperazine rings is 1. The van der Waals surface area contributed by atoms with E-state index in [-0.39, 0.29) is 11.8 Å². The molecule has 0 bridgehead atoms. The van der Waals surface area contributed by atoms with Crippen molar-refractivity contribution < 1.29 is 19.4 Å². The minimum absolute atomic E-state index is 0.0717. The molecule has 6 nitrogen and oxygen atoms in total. The summed E-state index contributed by atoms with van der Waals surface area (Å²) in [5.41, 5.74) is 4.74. The lowest BCUT2D eigenvalue weighted by Crippen LogP contribution is -3.28. The molecule has 2 heterocycles. The van der Waals surface area contributed by atoms with Crippen LogP contribution in [0.15, 0.2) is 48.5 Å². The molecule has 0 spiro atoms. The van der Waals surface area contributed by atoms with Gasteiger partial charge in [0, 0.05) is 18.8 Å². The molecule has 2 aromatic rings. The van der Waals surface area contributed by atoms with Crippen molar-refractivity contribution in [3.8, 4) is 0 Å². The first kappa shape index (κ1) is 21.5. The predicted molar refractivity (Wildman–Crippen MR) is 121 cm³/mol. The fourth-order valence-electron chi connectivity index (χ4n) is 4.72. The van der Waals surface area contributed by atoms with E-state index in [2.05, 4.69) is 42.6 Å². The topological polar surface area (TPSA) is 58.3 Å². The number of anilines is 1. The quantitative estimate of drug-likeness (QED) is 0.591. The van der Waals surface area contributed by atoms with Crippen LogP contribution in [0.2, 0.25) is 0 Å². The largest absolute Gasteiger partial charge is 0.333 e. The number of nitrogens with zero attached hydrogens (tertiary/aromatic N) is 1. The van der Waals surface area contributed by atoms with Gasteiger partial charge in [0.25, 0.3) is 11.8 Å². The number of para-hydroxylation sites is 1. The molecule has 6 heteroatoms. The molecule has 3 N–H and O–H groups in total. The summed E-state index contributed by atoms with van der Waals surface area (Å²) >= 11 is 0. The number of carbonyl (C=O) groups is 2. The van der Waals surface area contributed by atoms with Crippen molar-refractivity contribution in [1.29, 1.82) is 0 Å². The Balaban J connectivity index is 1.21. The Labute approximate surface area is 184 Å². The fourth-order valence-corrected chi connectivity index (χ4v) is 4.72. The first-order valence-corrected chi connectivity index (χ1v) is 11.5. The summed E-state index contributed by atoms with van der Waals surface area (Å²) < 4.78 is 0. The van der Waals surface area contributed by atoms with E-state index >= 15 is 0 Å². The molecule has 0 saturated carbocycles. The van der Waals surface area contributed by atoms with Gasteiger partial charge in [-0.1, -0.05) is 49.4 Å². The van der Waals surface area contributed by atoms with Gasteiger partial charge in [0.2, 0.25) is 0 Å². The van der Waals surface area contributed by atoms with Crippen LogP contribution in [0.1, 0.15) is 23.6 Å². The molecule has 0 aliphatic carbocycles. The minimum Gasteiger partial charge on any atom is -0.333 e. The van der Waals surface area contributed by atoms with Gasteiger partial charge in [-0.05, 0) is 35.6 Å². The van der Waals surface area contributed by atoms with Gasteiger partial charge >= 0.3 is 0 Å². The Bertz CT molecular complexity index is 921. The Morgan fingerprint density at radius 2 is 1.55 bits per heavy atom. The molecular weight excluding hydrogens is 388 g/mol. The van der Waals surface area contributed by atoms with E-state index in [4.69, 9.17) is 0 Å². The number of carbonyl (C=O) groups excluding carboxylic acids is 2. The smallest absolute Gasteiger partial charge is 0.279 e. The van der Waals surface area contributed by atoms with Gasteiger partial charge in [0.1, 0.15) is 26.2 Å². The van der Waals surface area contributed by atoms with E-state index in [0.29, 0.717) is 13.1 Å². The Morgan fingerprint density at radius 1 is 0.903 bits per heavy atom.